The Balaban J connectivity index is 1.72. The third-order valence-electron chi connectivity index (χ3n) is 6.37. The Morgan fingerprint density at radius 3 is 1.48 bits per heavy atom. The van der Waals surface area contributed by atoms with E-state index in [4.69, 9.17) is 9.47 Å². The fourth-order valence-corrected chi connectivity index (χ4v) is 4.21. The predicted molar refractivity (Wildman–Crippen MR) is 149 cm³/mol. The first-order valence-electron chi connectivity index (χ1n) is 12.6. The Labute approximate surface area is 246 Å². The van der Waals surface area contributed by atoms with Crippen molar-refractivity contribution in [2.24, 2.45) is 0 Å². The molecule has 0 fully saturated rings. The molecule has 0 radical (unpaired) electrons. The van der Waals surface area contributed by atoms with Gasteiger partial charge in [0.05, 0.1) is 42.2 Å². The third kappa shape index (κ3) is 7.35. The molecule has 2 amide bonds. The van der Waals surface area contributed by atoms with Gasteiger partial charge in [0.1, 0.15) is 0 Å². The first-order valence-corrected chi connectivity index (χ1v) is 12.6. The summed E-state index contributed by atoms with van der Waals surface area (Å²) in [7, 11) is 2.45. The fraction of sp³-hybridized carbons (Fsp3) is 0.129. The van der Waals surface area contributed by atoms with Crippen LogP contribution in [-0.2, 0) is 21.8 Å². The Morgan fingerprint density at radius 2 is 1.02 bits per heavy atom. The minimum absolute atomic E-state index is 0.0475. The van der Waals surface area contributed by atoms with Crippen molar-refractivity contribution in [3.63, 3.8) is 0 Å². The Hall–Kier alpha value is -5.33. The number of carbonyl (C=O) groups excluding carboxylic acids is 3. The average molecular weight is 617 g/mol. The molecular weight excluding hydrogens is 594 g/mol. The molecule has 44 heavy (non-hydrogen) atoms. The van der Waals surface area contributed by atoms with Gasteiger partial charge in [-0.05, 0) is 65.2 Å². The van der Waals surface area contributed by atoms with Crippen LogP contribution in [0.25, 0.3) is 22.3 Å². The van der Waals surface area contributed by atoms with Crippen molar-refractivity contribution in [3.8, 4) is 22.3 Å². The SMILES string of the molecule is COC(=O)c1ccc(-c2ccc(-c3ccc(C(=O)OC)cc3)c(NC(=O)Nc3cc(C(F)(F)F)cc(C(F)(F)F)c3)c2)cc1. The van der Waals surface area contributed by atoms with Crippen LogP contribution in [0.15, 0.2) is 84.9 Å². The average Bonchev–Trinajstić information content (AvgIpc) is 2.99. The van der Waals surface area contributed by atoms with E-state index in [1.165, 1.54) is 44.6 Å². The van der Waals surface area contributed by atoms with Crippen LogP contribution in [0, 0.1) is 0 Å². The molecule has 228 valence electrons. The summed E-state index contributed by atoms with van der Waals surface area (Å²) >= 11 is 0. The zero-order valence-corrected chi connectivity index (χ0v) is 22.9. The van der Waals surface area contributed by atoms with Crippen LogP contribution in [0.4, 0.5) is 42.5 Å². The number of esters is 2. The maximum atomic E-state index is 13.3. The minimum Gasteiger partial charge on any atom is -0.465 e. The van der Waals surface area contributed by atoms with Gasteiger partial charge in [0, 0.05) is 11.3 Å². The first kappa shape index (κ1) is 31.6. The highest BCUT2D eigenvalue weighted by Crippen LogP contribution is 2.38. The molecule has 0 aliphatic heterocycles. The summed E-state index contributed by atoms with van der Waals surface area (Å²) in [6.07, 6.45) is -10.2. The lowest BCUT2D eigenvalue weighted by Crippen LogP contribution is -2.21. The van der Waals surface area contributed by atoms with Gasteiger partial charge in [-0.1, -0.05) is 36.4 Å². The van der Waals surface area contributed by atoms with Crippen molar-refractivity contribution >= 4 is 29.3 Å². The summed E-state index contributed by atoms with van der Waals surface area (Å²) in [6.45, 7) is 0. The topological polar surface area (TPSA) is 93.7 Å². The van der Waals surface area contributed by atoms with E-state index in [0.29, 0.717) is 34.4 Å². The highest BCUT2D eigenvalue weighted by Gasteiger charge is 2.37. The van der Waals surface area contributed by atoms with Gasteiger partial charge < -0.3 is 20.1 Å². The summed E-state index contributed by atoms with van der Waals surface area (Å²) < 4.78 is 89.2. The van der Waals surface area contributed by atoms with Crippen LogP contribution in [-0.4, -0.2) is 32.2 Å². The molecule has 0 saturated carbocycles. The quantitative estimate of drug-likeness (QED) is 0.168. The third-order valence-corrected chi connectivity index (χ3v) is 6.37. The van der Waals surface area contributed by atoms with Gasteiger partial charge in [-0.2, -0.15) is 26.3 Å². The van der Waals surface area contributed by atoms with Crippen molar-refractivity contribution in [1.82, 2.24) is 0 Å². The Morgan fingerprint density at radius 1 is 0.568 bits per heavy atom. The molecule has 0 bridgehead atoms. The molecule has 13 heteroatoms. The van der Waals surface area contributed by atoms with Crippen LogP contribution in [0.3, 0.4) is 0 Å². The first-order chi connectivity index (χ1) is 20.7. The number of hydrogen-bond acceptors (Lipinski definition) is 5. The Kier molecular flexibility index (Phi) is 8.97. The number of nitrogens with one attached hydrogen (secondary N) is 2. The van der Waals surface area contributed by atoms with Crippen molar-refractivity contribution in [2.75, 3.05) is 24.9 Å². The van der Waals surface area contributed by atoms with E-state index >= 15 is 0 Å². The number of urea groups is 1. The monoisotopic (exact) mass is 616 g/mol. The van der Waals surface area contributed by atoms with E-state index in [1.54, 1.807) is 36.4 Å². The zero-order chi connectivity index (χ0) is 32.2. The van der Waals surface area contributed by atoms with E-state index in [2.05, 4.69) is 5.32 Å². The lowest BCUT2D eigenvalue weighted by Gasteiger charge is -2.17. The molecule has 4 aromatic carbocycles. The highest BCUT2D eigenvalue weighted by atomic mass is 19.4. The van der Waals surface area contributed by atoms with Gasteiger partial charge >= 0.3 is 30.3 Å². The maximum absolute atomic E-state index is 13.3. The smallest absolute Gasteiger partial charge is 0.416 e. The lowest BCUT2D eigenvalue weighted by molar-refractivity contribution is -0.143. The molecular formula is C31H22F6N2O5. The number of hydrogen-bond donors (Lipinski definition) is 2. The molecule has 4 aromatic rings. The standard InChI is InChI=1S/C31H22F6N2O5/c1-43-27(40)19-7-3-17(4-8-19)21-11-12-25(18-5-9-20(10-6-18)28(41)44-2)26(13-21)39-29(42)38-24-15-22(30(32,33)34)14-23(16-24)31(35,36)37/h3-16H,1-2H3,(H2,38,39,42). The number of carbonyl (C=O) groups is 3. The van der Waals surface area contributed by atoms with Crippen LogP contribution in [0.5, 0.6) is 0 Å². The molecule has 2 N–H and O–H groups in total. The molecule has 0 aromatic heterocycles. The van der Waals surface area contributed by atoms with Gasteiger partial charge in [0.15, 0.2) is 0 Å². The fourth-order valence-electron chi connectivity index (χ4n) is 4.21. The molecule has 7 nitrogen and oxygen atoms in total. The van der Waals surface area contributed by atoms with E-state index in [0.717, 1.165) is 0 Å². The van der Waals surface area contributed by atoms with Crippen LogP contribution >= 0.6 is 0 Å². The van der Waals surface area contributed by atoms with Crippen molar-refractivity contribution in [3.05, 3.63) is 107 Å². The van der Waals surface area contributed by atoms with Crippen LogP contribution < -0.4 is 10.6 Å². The zero-order valence-electron chi connectivity index (χ0n) is 22.9. The summed E-state index contributed by atoms with van der Waals surface area (Å²) in [4.78, 5) is 36.6. The molecule has 0 spiro atoms. The number of halogens is 6. The van der Waals surface area contributed by atoms with Crippen molar-refractivity contribution in [2.45, 2.75) is 12.4 Å². The molecule has 0 atom stereocenters. The van der Waals surface area contributed by atoms with Gasteiger partial charge in [-0.25, -0.2) is 14.4 Å². The molecule has 0 saturated heterocycles. The maximum Gasteiger partial charge on any atom is 0.416 e. The molecule has 0 unspecified atom stereocenters. The number of amides is 2. The normalized spacial score (nSPS) is 11.5. The molecule has 0 aliphatic rings. The number of benzene rings is 4. The number of rotatable bonds is 6. The lowest BCUT2D eigenvalue weighted by atomic mass is 9.97. The van der Waals surface area contributed by atoms with E-state index in [9.17, 15) is 40.7 Å². The Bertz CT molecular complexity index is 1670. The number of alkyl halides is 6. The predicted octanol–water partition coefficient (Wildman–Crippen LogP) is 8.28. The number of ether oxygens (including phenoxy) is 2. The number of anilines is 2. The summed E-state index contributed by atoms with van der Waals surface area (Å²) in [5.74, 6) is -1.14. The molecule has 0 heterocycles. The van der Waals surface area contributed by atoms with Crippen molar-refractivity contribution < 1.29 is 50.2 Å². The molecule has 0 aliphatic carbocycles. The van der Waals surface area contributed by atoms with Gasteiger partial charge in [-0.15, -0.1) is 0 Å². The highest BCUT2D eigenvalue weighted by molar-refractivity contribution is 6.03. The molecule has 4 rings (SSSR count). The minimum atomic E-state index is -5.10. The summed E-state index contributed by atoms with van der Waals surface area (Å²) in [6, 6.07) is 16.8. The second kappa shape index (κ2) is 12.5. The summed E-state index contributed by atoms with van der Waals surface area (Å²) in [5.41, 5.74) is -1.17. The van der Waals surface area contributed by atoms with E-state index < -0.39 is 47.1 Å². The van der Waals surface area contributed by atoms with E-state index in [1.807, 2.05) is 5.32 Å². The van der Waals surface area contributed by atoms with Gasteiger partial charge in [0.25, 0.3) is 0 Å². The number of methoxy groups -OCH3 is 2. The van der Waals surface area contributed by atoms with Crippen LogP contribution in [0.2, 0.25) is 0 Å². The van der Waals surface area contributed by atoms with Gasteiger partial charge in [-0.3, -0.25) is 0 Å². The second-order valence-electron chi connectivity index (χ2n) is 9.27. The van der Waals surface area contributed by atoms with Gasteiger partial charge in [0.2, 0.25) is 0 Å². The second-order valence-corrected chi connectivity index (χ2v) is 9.27. The largest absolute Gasteiger partial charge is 0.465 e. The van der Waals surface area contributed by atoms with Crippen molar-refractivity contribution in [1.29, 1.82) is 0 Å². The van der Waals surface area contributed by atoms with Crippen LogP contribution in [0.1, 0.15) is 31.8 Å². The van der Waals surface area contributed by atoms with E-state index in [-0.39, 0.29) is 22.9 Å². The summed E-state index contributed by atoms with van der Waals surface area (Å²) in [5, 5.41) is 4.54.